The molecule has 0 amide bonds. The first-order valence-electron chi connectivity index (χ1n) is 4.69. The smallest absolute Gasteiger partial charge is 0.345 e. The largest absolute Gasteiger partial charge is 0.496 e. The fourth-order valence-corrected chi connectivity index (χ4v) is 1.67. The Bertz CT molecular complexity index is 329. The van der Waals surface area contributed by atoms with E-state index in [0.717, 1.165) is 0 Å². The van der Waals surface area contributed by atoms with Gasteiger partial charge >= 0.3 is 5.97 Å². The maximum atomic E-state index is 11.7. The minimum absolute atomic E-state index is 0.000787. The SMILES string of the molecule is CC1COC2=C(C(=O)OCC2C)C1=O. The summed E-state index contributed by atoms with van der Waals surface area (Å²) in [6.07, 6.45) is 0. The highest BCUT2D eigenvalue weighted by Crippen LogP contribution is 2.30. The minimum Gasteiger partial charge on any atom is -0.496 e. The van der Waals surface area contributed by atoms with E-state index in [1.165, 1.54) is 0 Å². The van der Waals surface area contributed by atoms with E-state index in [4.69, 9.17) is 9.47 Å². The van der Waals surface area contributed by atoms with Crippen molar-refractivity contribution in [3.63, 3.8) is 0 Å². The van der Waals surface area contributed by atoms with Gasteiger partial charge in [-0.2, -0.15) is 0 Å². The molecule has 2 aliphatic heterocycles. The molecule has 2 unspecified atom stereocenters. The standard InChI is InChI=1S/C10H12O4/c1-5-3-13-9-6(2)4-14-10(12)7(9)8(5)11/h5-6H,3-4H2,1-2H3. The van der Waals surface area contributed by atoms with Crippen molar-refractivity contribution in [1.82, 2.24) is 0 Å². The van der Waals surface area contributed by atoms with Crippen LogP contribution in [0.2, 0.25) is 0 Å². The fraction of sp³-hybridized carbons (Fsp3) is 0.600. The summed E-state index contributed by atoms with van der Waals surface area (Å²) in [5, 5.41) is 0. The summed E-state index contributed by atoms with van der Waals surface area (Å²) < 4.78 is 10.3. The zero-order valence-electron chi connectivity index (χ0n) is 8.20. The van der Waals surface area contributed by atoms with Crippen LogP contribution in [-0.4, -0.2) is 25.0 Å². The van der Waals surface area contributed by atoms with Gasteiger partial charge in [-0.25, -0.2) is 4.79 Å². The maximum absolute atomic E-state index is 11.7. The van der Waals surface area contributed by atoms with Crippen molar-refractivity contribution in [3.8, 4) is 0 Å². The molecule has 4 nitrogen and oxygen atoms in total. The van der Waals surface area contributed by atoms with Crippen LogP contribution >= 0.6 is 0 Å². The van der Waals surface area contributed by atoms with Crippen molar-refractivity contribution >= 4 is 11.8 Å². The number of hydrogen-bond acceptors (Lipinski definition) is 4. The van der Waals surface area contributed by atoms with E-state index in [0.29, 0.717) is 19.0 Å². The highest BCUT2D eigenvalue weighted by Gasteiger charge is 2.39. The average molecular weight is 196 g/mol. The van der Waals surface area contributed by atoms with Gasteiger partial charge in [0, 0.05) is 5.92 Å². The number of carbonyl (C=O) groups is 2. The fourth-order valence-electron chi connectivity index (χ4n) is 1.67. The molecule has 0 fully saturated rings. The van der Waals surface area contributed by atoms with E-state index in [9.17, 15) is 9.59 Å². The lowest BCUT2D eigenvalue weighted by molar-refractivity contribution is -0.146. The van der Waals surface area contributed by atoms with Crippen LogP contribution in [-0.2, 0) is 19.1 Å². The van der Waals surface area contributed by atoms with E-state index in [2.05, 4.69) is 0 Å². The second-order valence-corrected chi connectivity index (χ2v) is 3.82. The van der Waals surface area contributed by atoms with Gasteiger partial charge in [0.15, 0.2) is 5.78 Å². The summed E-state index contributed by atoms with van der Waals surface area (Å²) in [5.41, 5.74) is 0.127. The minimum atomic E-state index is -0.533. The normalized spacial score (nSPS) is 32.1. The molecule has 0 saturated heterocycles. The summed E-state index contributed by atoms with van der Waals surface area (Å²) >= 11 is 0. The predicted octanol–water partition coefficient (Wildman–Crippen LogP) is 0.669. The third-order valence-corrected chi connectivity index (χ3v) is 2.55. The van der Waals surface area contributed by atoms with Crippen LogP contribution in [0.3, 0.4) is 0 Å². The Morgan fingerprint density at radius 3 is 2.43 bits per heavy atom. The zero-order chi connectivity index (χ0) is 10.3. The van der Waals surface area contributed by atoms with E-state index >= 15 is 0 Å². The van der Waals surface area contributed by atoms with E-state index in [1.807, 2.05) is 6.92 Å². The number of Topliss-reactive ketones (excluding diaryl/α,β-unsaturated/α-hetero) is 1. The number of rotatable bonds is 0. The number of carbonyl (C=O) groups excluding carboxylic acids is 2. The highest BCUT2D eigenvalue weighted by molar-refractivity contribution is 6.19. The topological polar surface area (TPSA) is 52.6 Å². The van der Waals surface area contributed by atoms with E-state index in [-0.39, 0.29) is 23.2 Å². The van der Waals surface area contributed by atoms with Gasteiger partial charge in [0.25, 0.3) is 0 Å². The Kier molecular flexibility index (Phi) is 2.06. The second kappa shape index (κ2) is 3.12. The molecule has 0 saturated carbocycles. The molecule has 4 heteroatoms. The second-order valence-electron chi connectivity index (χ2n) is 3.82. The van der Waals surface area contributed by atoms with Crippen molar-refractivity contribution in [2.75, 3.05) is 13.2 Å². The Balaban J connectivity index is 2.45. The Labute approximate surface area is 81.9 Å². The average Bonchev–Trinajstić information content (AvgIpc) is 2.16. The van der Waals surface area contributed by atoms with Crippen molar-refractivity contribution < 1.29 is 19.1 Å². The molecular weight excluding hydrogens is 184 g/mol. The third kappa shape index (κ3) is 1.22. The number of esters is 1. The molecule has 0 spiro atoms. The monoisotopic (exact) mass is 196 g/mol. The molecule has 2 atom stereocenters. The molecule has 0 radical (unpaired) electrons. The molecule has 0 aromatic rings. The van der Waals surface area contributed by atoms with Crippen LogP contribution in [0, 0.1) is 11.8 Å². The zero-order valence-corrected chi connectivity index (χ0v) is 8.20. The number of ketones is 1. The van der Waals surface area contributed by atoms with Gasteiger partial charge in [-0.3, -0.25) is 4.79 Å². The predicted molar refractivity (Wildman–Crippen MR) is 47.3 cm³/mol. The number of ether oxygens (including phenoxy) is 2. The van der Waals surface area contributed by atoms with Crippen LogP contribution in [0.4, 0.5) is 0 Å². The van der Waals surface area contributed by atoms with E-state index < -0.39 is 5.97 Å². The van der Waals surface area contributed by atoms with Gasteiger partial charge in [-0.1, -0.05) is 13.8 Å². The Hall–Kier alpha value is -1.32. The lowest BCUT2D eigenvalue weighted by atomic mass is 9.91. The van der Waals surface area contributed by atoms with Crippen molar-refractivity contribution in [1.29, 1.82) is 0 Å². The van der Waals surface area contributed by atoms with Gasteiger partial charge in [0.2, 0.25) is 0 Å². The molecule has 0 N–H and O–H groups in total. The summed E-state index contributed by atoms with van der Waals surface area (Å²) in [5.74, 6) is -0.410. The Morgan fingerprint density at radius 1 is 1.07 bits per heavy atom. The first-order chi connectivity index (χ1) is 6.61. The van der Waals surface area contributed by atoms with Gasteiger partial charge in [-0.15, -0.1) is 0 Å². The summed E-state index contributed by atoms with van der Waals surface area (Å²) in [7, 11) is 0. The molecule has 0 bridgehead atoms. The van der Waals surface area contributed by atoms with Crippen LogP contribution in [0.1, 0.15) is 13.8 Å². The maximum Gasteiger partial charge on any atom is 0.345 e. The van der Waals surface area contributed by atoms with Crippen LogP contribution < -0.4 is 0 Å². The molecule has 2 rings (SSSR count). The van der Waals surface area contributed by atoms with Crippen molar-refractivity contribution in [2.45, 2.75) is 13.8 Å². The lowest BCUT2D eigenvalue weighted by Gasteiger charge is -2.30. The summed E-state index contributed by atoms with van der Waals surface area (Å²) in [6, 6.07) is 0. The van der Waals surface area contributed by atoms with Crippen molar-refractivity contribution in [3.05, 3.63) is 11.3 Å². The molecule has 76 valence electrons. The number of cyclic esters (lactones) is 1. The van der Waals surface area contributed by atoms with Crippen LogP contribution in [0.25, 0.3) is 0 Å². The van der Waals surface area contributed by atoms with Gasteiger partial charge in [0.05, 0.1) is 12.5 Å². The molecule has 0 aliphatic carbocycles. The van der Waals surface area contributed by atoms with Crippen LogP contribution in [0.5, 0.6) is 0 Å². The summed E-state index contributed by atoms with van der Waals surface area (Å²) in [6.45, 7) is 4.30. The van der Waals surface area contributed by atoms with Gasteiger partial charge in [-0.05, 0) is 0 Å². The van der Waals surface area contributed by atoms with Gasteiger partial charge < -0.3 is 9.47 Å². The lowest BCUT2D eigenvalue weighted by Crippen LogP contribution is -2.37. The first kappa shape index (κ1) is 9.24. The summed E-state index contributed by atoms with van der Waals surface area (Å²) in [4.78, 5) is 23.0. The Morgan fingerprint density at radius 2 is 1.71 bits per heavy atom. The molecule has 0 aromatic carbocycles. The van der Waals surface area contributed by atoms with Gasteiger partial charge in [0.1, 0.15) is 17.9 Å². The third-order valence-electron chi connectivity index (χ3n) is 2.55. The molecule has 0 aromatic heterocycles. The molecule has 2 aliphatic rings. The molecular formula is C10H12O4. The van der Waals surface area contributed by atoms with Crippen LogP contribution in [0.15, 0.2) is 11.3 Å². The molecule has 2 heterocycles. The first-order valence-corrected chi connectivity index (χ1v) is 4.69. The number of hydrogen-bond donors (Lipinski definition) is 0. The highest BCUT2D eigenvalue weighted by atomic mass is 16.5. The quantitative estimate of drug-likeness (QED) is 0.422. The molecule has 14 heavy (non-hydrogen) atoms. The van der Waals surface area contributed by atoms with E-state index in [1.54, 1.807) is 6.92 Å². The van der Waals surface area contributed by atoms with Crippen molar-refractivity contribution in [2.24, 2.45) is 11.8 Å².